The number of carboxylic acid groups (broad SMARTS) is 1. The van der Waals surface area contributed by atoms with Gasteiger partial charge in [-0.05, 0) is 13.0 Å². The summed E-state index contributed by atoms with van der Waals surface area (Å²) in [5, 5.41) is 19.1. The lowest BCUT2D eigenvalue weighted by Crippen LogP contribution is -2.11. The molecule has 0 bridgehead atoms. The first-order valence-corrected chi connectivity index (χ1v) is 3.21. The number of aliphatic hydroxyl groups excluding tert-OH is 1. The average molecular weight is 147 g/mol. The fourth-order valence-electron chi connectivity index (χ4n) is 0.639. The highest BCUT2D eigenvalue weighted by Crippen LogP contribution is 1.93. The van der Waals surface area contributed by atoms with Crippen molar-refractivity contribution in [3.05, 3.63) is 0 Å². The molecule has 1 aliphatic rings. The molecule has 1 heterocycles. The topological polar surface area (TPSA) is 69.6 Å². The van der Waals surface area contributed by atoms with Gasteiger partial charge in [0.05, 0.1) is 6.10 Å². The van der Waals surface area contributed by atoms with E-state index in [0.717, 1.165) is 26.4 Å². The molecule has 0 radical (unpaired) electrons. The minimum atomic E-state index is -0.833. The highest BCUT2D eigenvalue weighted by atomic mass is 16.4. The number of aliphatic carboxylic acids is 1. The molecule has 60 valence electrons. The maximum Gasteiger partial charge on any atom is 0.300 e. The molecular weight excluding hydrogens is 134 g/mol. The summed E-state index contributed by atoms with van der Waals surface area (Å²) in [4.78, 5) is 9.00. The summed E-state index contributed by atoms with van der Waals surface area (Å²) in [6.07, 6.45) is 0.866. The molecule has 0 saturated carbocycles. The standard InChI is InChI=1S/C4H9NO.C2H4O2/c6-4-1-2-5-3-4;1-2(3)4/h4-6H,1-3H2;1H3,(H,3,4). The molecule has 1 rings (SSSR count). The summed E-state index contributed by atoms with van der Waals surface area (Å²) in [5.41, 5.74) is 0. The normalized spacial score (nSPS) is 23.2. The molecule has 0 spiro atoms. The number of aliphatic hydroxyl groups is 1. The molecule has 1 unspecified atom stereocenters. The van der Waals surface area contributed by atoms with Gasteiger partial charge in [0.25, 0.3) is 5.97 Å². The zero-order valence-corrected chi connectivity index (χ0v) is 6.00. The Morgan fingerprint density at radius 1 is 1.70 bits per heavy atom. The fourth-order valence-corrected chi connectivity index (χ4v) is 0.639. The number of carbonyl (C=O) groups is 1. The number of hydrogen-bond donors (Lipinski definition) is 3. The van der Waals surface area contributed by atoms with E-state index in [1.807, 2.05) is 0 Å². The Labute approximate surface area is 59.9 Å². The van der Waals surface area contributed by atoms with Crippen LogP contribution in [0.1, 0.15) is 13.3 Å². The summed E-state index contributed by atoms with van der Waals surface area (Å²) in [6.45, 7) is 2.86. The van der Waals surface area contributed by atoms with Crippen LogP contribution in [0.2, 0.25) is 0 Å². The average Bonchev–Trinajstić information content (AvgIpc) is 2.15. The monoisotopic (exact) mass is 147 g/mol. The van der Waals surface area contributed by atoms with Crippen molar-refractivity contribution < 1.29 is 15.0 Å². The van der Waals surface area contributed by atoms with Crippen molar-refractivity contribution in [3.8, 4) is 0 Å². The second-order valence-corrected chi connectivity index (χ2v) is 2.17. The molecule has 0 aromatic rings. The second-order valence-electron chi connectivity index (χ2n) is 2.17. The van der Waals surface area contributed by atoms with Crippen molar-refractivity contribution in [2.45, 2.75) is 19.4 Å². The largest absolute Gasteiger partial charge is 0.481 e. The van der Waals surface area contributed by atoms with Gasteiger partial charge in [-0.15, -0.1) is 0 Å². The molecule has 0 aromatic heterocycles. The van der Waals surface area contributed by atoms with Crippen molar-refractivity contribution >= 4 is 5.97 Å². The number of β-amino-alcohol motifs (C(OH)–C–C–N with tert-alkyl or cyclic N) is 1. The van der Waals surface area contributed by atoms with Crippen molar-refractivity contribution in [3.63, 3.8) is 0 Å². The van der Waals surface area contributed by atoms with Crippen molar-refractivity contribution in [1.82, 2.24) is 5.32 Å². The number of rotatable bonds is 0. The molecule has 1 fully saturated rings. The van der Waals surface area contributed by atoms with E-state index < -0.39 is 5.97 Å². The smallest absolute Gasteiger partial charge is 0.300 e. The van der Waals surface area contributed by atoms with Crippen LogP contribution in [0.25, 0.3) is 0 Å². The van der Waals surface area contributed by atoms with Gasteiger partial charge in [0, 0.05) is 13.5 Å². The van der Waals surface area contributed by atoms with Crippen LogP contribution in [-0.2, 0) is 4.79 Å². The predicted molar refractivity (Wildman–Crippen MR) is 36.8 cm³/mol. The number of carboxylic acids is 1. The van der Waals surface area contributed by atoms with E-state index in [4.69, 9.17) is 15.0 Å². The van der Waals surface area contributed by atoms with Crippen LogP contribution < -0.4 is 5.32 Å². The van der Waals surface area contributed by atoms with Crippen LogP contribution in [0.5, 0.6) is 0 Å². The third kappa shape index (κ3) is 7.39. The molecule has 0 aromatic carbocycles. The van der Waals surface area contributed by atoms with Gasteiger partial charge in [-0.1, -0.05) is 0 Å². The molecule has 3 N–H and O–H groups in total. The van der Waals surface area contributed by atoms with Gasteiger partial charge in [-0.3, -0.25) is 4.79 Å². The van der Waals surface area contributed by atoms with E-state index in [1.165, 1.54) is 0 Å². The minimum Gasteiger partial charge on any atom is -0.481 e. The Balaban J connectivity index is 0.000000180. The third-order valence-electron chi connectivity index (χ3n) is 1.03. The minimum absolute atomic E-state index is 0.0648. The Bertz CT molecular complexity index is 95.2. The summed E-state index contributed by atoms with van der Waals surface area (Å²) in [5.74, 6) is -0.833. The Morgan fingerprint density at radius 2 is 2.20 bits per heavy atom. The lowest BCUT2D eigenvalue weighted by atomic mass is 10.3. The van der Waals surface area contributed by atoms with Gasteiger partial charge in [0.15, 0.2) is 0 Å². The van der Waals surface area contributed by atoms with Gasteiger partial charge in [0.2, 0.25) is 0 Å². The number of hydrogen-bond acceptors (Lipinski definition) is 3. The van der Waals surface area contributed by atoms with E-state index in [0.29, 0.717) is 0 Å². The van der Waals surface area contributed by atoms with Gasteiger partial charge in [-0.25, -0.2) is 0 Å². The Hall–Kier alpha value is -0.610. The van der Waals surface area contributed by atoms with Gasteiger partial charge < -0.3 is 15.5 Å². The zero-order chi connectivity index (χ0) is 7.98. The molecular formula is C6H13NO3. The first-order chi connectivity index (χ1) is 4.63. The van der Waals surface area contributed by atoms with Gasteiger partial charge in [-0.2, -0.15) is 0 Å². The van der Waals surface area contributed by atoms with E-state index in [2.05, 4.69) is 5.32 Å². The van der Waals surface area contributed by atoms with Gasteiger partial charge in [0.1, 0.15) is 0 Å². The molecule has 1 aliphatic heterocycles. The summed E-state index contributed by atoms with van der Waals surface area (Å²) < 4.78 is 0. The molecule has 4 heteroatoms. The summed E-state index contributed by atoms with van der Waals surface area (Å²) in [6, 6.07) is 0. The molecule has 10 heavy (non-hydrogen) atoms. The van der Waals surface area contributed by atoms with Gasteiger partial charge >= 0.3 is 0 Å². The Morgan fingerprint density at radius 3 is 2.30 bits per heavy atom. The highest BCUT2D eigenvalue weighted by Gasteiger charge is 2.08. The maximum absolute atomic E-state index is 9.00. The fraction of sp³-hybridized carbons (Fsp3) is 0.833. The van der Waals surface area contributed by atoms with Crippen molar-refractivity contribution in [1.29, 1.82) is 0 Å². The van der Waals surface area contributed by atoms with E-state index in [-0.39, 0.29) is 6.10 Å². The predicted octanol–water partition coefficient (Wildman–Crippen LogP) is -0.568. The van der Waals surface area contributed by atoms with E-state index in [1.54, 1.807) is 0 Å². The van der Waals surface area contributed by atoms with E-state index in [9.17, 15) is 0 Å². The quantitative estimate of drug-likeness (QED) is 0.429. The molecule has 4 nitrogen and oxygen atoms in total. The first-order valence-electron chi connectivity index (χ1n) is 3.21. The first kappa shape index (κ1) is 9.39. The SMILES string of the molecule is CC(=O)O.OC1CCNC1. The molecule has 1 atom stereocenters. The Kier molecular flexibility index (Phi) is 4.88. The van der Waals surface area contributed by atoms with Crippen LogP contribution in [0.4, 0.5) is 0 Å². The molecule has 0 amide bonds. The van der Waals surface area contributed by atoms with Crippen LogP contribution in [0.3, 0.4) is 0 Å². The van der Waals surface area contributed by atoms with Crippen molar-refractivity contribution in [2.75, 3.05) is 13.1 Å². The second kappa shape index (κ2) is 5.20. The summed E-state index contributed by atoms with van der Waals surface area (Å²) >= 11 is 0. The lowest BCUT2D eigenvalue weighted by molar-refractivity contribution is -0.134. The van der Waals surface area contributed by atoms with E-state index >= 15 is 0 Å². The van der Waals surface area contributed by atoms with Crippen LogP contribution in [0, 0.1) is 0 Å². The third-order valence-corrected chi connectivity index (χ3v) is 1.03. The number of nitrogens with one attached hydrogen (secondary N) is 1. The lowest BCUT2D eigenvalue weighted by Gasteiger charge is -1.90. The highest BCUT2D eigenvalue weighted by molar-refractivity contribution is 5.62. The summed E-state index contributed by atoms with van der Waals surface area (Å²) in [7, 11) is 0. The maximum atomic E-state index is 9.00. The molecule has 1 saturated heterocycles. The van der Waals surface area contributed by atoms with Crippen LogP contribution >= 0.6 is 0 Å². The molecule has 0 aliphatic carbocycles. The van der Waals surface area contributed by atoms with Crippen LogP contribution in [-0.4, -0.2) is 35.4 Å². The zero-order valence-electron chi connectivity index (χ0n) is 6.00. The van der Waals surface area contributed by atoms with Crippen molar-refractivity contribution in [2.24, 2.45) is 0 Å². The van der Waals surface area contributed by atoms with Crippen LogP contribution in [0.15, 0.2) is 0 Å².